The fourth-order valence-electron chi connectivity index (χ4n) is 2.07. The van der Waals surface area contributed by atoms with Gasteiger partial charge in [0, 0.05) is 7.79 Å². The molecule has 4 nitrogen and oxygen atoms in total. The highest BCUT2D eigenvalue weighted by atomic mass is 17.1. The molecule has 0 aromatic carbocycles. The Kier molecular flexibility index (Phi) is 14.0. The molecule has 0 aromatic rings. The summed E-state index contributed by atoms with van der Waals surface area (Å²) in [7, 11) is 0. The molecule has 128 valence electrons. The van der Waals surface area contributed by atoms with Gasteiger partial charge in [-0.25, -0.2) is 4.89 Å². The number of carboxylic acid groups (broad SMARTS) is 1. The second kappa shape index (κ2) is 16.2. The molecule has 0 fully saturated rings. The van der Waals surface area contributed by atoms with Crippen molar-refractivity contribution in [2.45, 2.75) is 83.6 Å². The maximum absolute atomic E-state index is 10.4. The van der Waals surface area contributed by atoms with Gasteiger partial charge in [0.15, 0.2) is 0 Å². The third-order valence-electron chi connectivity index (χ3n) is 3.39. The van der Waals surface area contributed by atoms with Crippen LogP contribution in [0.4, 0.5) is 0 Å². The van der Waals surface area contributed by atoms with E-state index >= 15 is 0 Å². The molecule has 2 atom stereocenters. The minimum Gasteiger partial charge on any atom is -0.481 e. The predicted octanol–water partition coefficient (Wildman–Crippen LogP) is 5.35. The maximum atomic E-state index is 10.4. The van der Waals surface area contributed by atoms with E-state index in [9.17, 15) is 4.79 Å². The predicted molar refractivity (Wildman–Crippen MR) is 89.9 cm³/mol. The molecule has 2 N–H and O–H groups in total. The average Bonchev–Trinajstić information content (AvgIpc) is 2.53. The molecule has 0 bridgehead atoms. The molecule has 0 aliphatic rings. The summed E-state index contributed by atoms with van der Waals surface area (Å²) in [6, 6.07) is 0. The van der Waals surface area contributed by atoms with Crippen LogP contribution in [0.3, 0.4) is 0 Å². The zero-order valence-electron chi connectivity index (χ0n) is 14.7. The number of carboxylic acids is 1. The van der Waals surface area contributed by atoms with Crippen molar-refractivity contribution in [3.05, 3.63) is 24.3 Å². The minimum atomic E-state index is -0.759. The van der Waals surface area contributed by atoms with Crippen molar-refractivity contribution in [3.63, 3.8) is 0 Å². The quantitative estimate of drug-likeness (QED) is 0.185. The third kappa shape index (κ3) is 15.3. The van der Waals surface area contributed by atoms with Crippen LogP contribution in [0.1, 0.15) is 78.9 Å². The van der Waals surface area contributed by atoms with E-state index in [1.165, 1.54) is 19.3 Å². The number of allylic oxidation sites excluding steroid dienone is 3. The summed E-state index contributed by atoms with van der Waals surface area (Å²) < 4.78 is 7.99. The van der Waals surface area contributed by atoms with Gasteiger partial charge < -0.3 is 5.11 Å². The highest BCUT2D eigenvalue weighted by Gasteiger charge is 2.03. The van der Waals surface area contributed by atoms with E-state index < -0.39 is 18.5 Å². The maximum Gasteiger partial charge on any atom is 0.303 e. The largest absolute Gasteiger partial charge is 0.481 e. The number of carbonyl (C=O) groups is 1. The average molecular weight is 313 g/mol. The summed E-state index contributed by atoms with van der Waals surface area (Å²) in [5.74, 6) is -0.759. The van der Waals surface area contributed by atoms with Crippen LogP contribution < -0.4 is 0 Å². The fourth-order valence-corrected chi connectivity index (χ4v) is 2.07. The molecular weight excluding hydrogens is 280 g/mol. The first-order chi connectivity index (χ1) is 11.1. The smallest absolute Gasteiger partial charge is 0.303 e. The van der Waals surface area contributed by atoms with Gasteiger partial charge in [0.2, 0.25) is 0 Å². The molecule has 0 radical (unpaired) electrons. The van der Waals surface area contributed by atoms with Crippen molar-refractivity contribution in [2.24, 2.45) is 0 Å². The van der Waals surface area contributed by atoms with Gasteiger partial charge in [-0.1, -0.05) is 69.8 Å². The van der Waals surface area contributed by atoms with Crippen molar-refractivity contribution in [1.29, 1.82) is 0 Å². The Balaban J connectivity index is 3.84. The molecule has 0 rings (SSSR count). The van der Waals surface area contributed by atoms with E-state index in [1.54, 1.807) is 6.08 Å². The van der Waals surface area contributed by atoms with Crippen LogP contribution in [0.15, 0.2) is 24.3 Å². The van der Waals surface area contributed by atoms with E-state index in [0.29, 0.717) is 12.8 Å². The molecule has 0 unspecified atom stereocenters. The van der Waals surface area contributed by atoms with E-state index in [0.717, 1.165) is 25.7 Å². The lowest BCUT2D eigenvalue weighted by molar-refractivity contribution is -0.267. The van der Waals surface area contributed by atoms with E-state index in [2.05, 4.69) is 17.9 Å². The van der Waals surface area contributed by atoms with Crippen molar-refractivity contribution < 1.29 is 21.4 Å². The Labute approximate surface area is 136 Å². The van der Waals surface area contributed by atoms with Crippen molar-refractivity contribution in [3.8, 4) is 0 Å². The lowest BCUT2D eigenvalue weighted by atomic mass is 10.1. The van der Waals surface area contributed by atoms with E-state index in [4.69, 9.17) is 11.7 Å². The number of hydrogen-bond donors (Lipinski definition) is 2. The van der Waals surface area contributed by atoms with Gasteiger partial charge >= 0.3 is 5.97 Å². The lowest BCUT2D eigenvalue weighted by Crippen LogP contribution is -2.06. The Morgan fingerprint density at radius 1 is 1.14 bits per heavy atom. The summed E-state index contributed by atoms with van der Waals surface area (Å²) in [6.07, 6.45) is 15.2. The molecule has 0 spiro atoms. The van der Waals surface area contributed by atoms with Crippen LogP contribution in [0, 0.1) is 0 Å². The normalized spacial score (nSPS) is 15.3. The van der Waals surface area contributed by atoms with Crippen LogP contribution in [-0.4, -0.2) is 22.4 Å². The van der Waals surface area contributed by atoms with E-state index in [-0.39, 0.29) is 6.42 Å². The monoisotopic (exact) mass is 313 g/mol. The second-order valence-electron chi connectivity index (χ2n) is 5.46. The molecular formula is C18H32O4. The summed E-state index contributed by atoms with van der Waals surface area (Å²) in [4.78, 5) is 14.8. The van der Waals surface area contributed by atoms with Crippen LogP contribution in [0.25, 0.3) is 0 Å². The standard InChI is InChI=1S/C18H32O4/c1-2-3-4-5-6-8-11-14-17(22-21)15-12-9-7-10-13-16-18(19)20/h6,8,11,14,17,21H,2-5,7,9-10,12-13,15-16H2,1H3,(H,19,20)/b8-6-,14-11+/t17-/m1/s1/i15D/t15-,17-. The van der Waals surface area contributed by atoms with Gasteiger partial charge in [0.05, 0.1) is 0 Å². The van der Waals surface area contributed by atoms with Gasteiger partial charge in [-0.05, 0) is 25.7 Å². The summed E-state index contributed by atoms with van der Waals surface area (Å²) >= 11 is 0. The molecule has 0 amide bonds. The zero-order chi connectivity index (χ0) is 17.3. The van der Waals surface area contributed by atoms with Gasteiger partial charge in [-0.3, -0.25) is 10.1 Å². The fraction of sp³-hybridized carbons (Fsp3) is 0.722. The van der Waals surface area contributed by atoms with Gasteiger partial charge in [0.25, 0.3) is 0 Å². The second-order valence-corrected chi connectivity index (χ2v) is 5.46. The zero-order valence-corrected chi connectivity index (χ0v) is 13.7. The third-order valence-corrected chi connectivity index (χ3v) is 3.39. The number of hydrogen-bond acceptors (Lipinski definition) is 3. The summed E-state index contributed by atoms with van der Waals surface area (Å²) in [5, 5.41) is 17.4. The molecule has 0 aliphatic heterocycles. The number of aliphatic carboxylic acids is 1. The molecule has 0 heterocycles. The van der Waals surface area contributed by atoms with E-state index in [1.807, 2.05) is 12.2 Å². The summed E-state index contributed by atoms with van der Waals surface area (Å²) in [5.41, 5.74) is 0. The van der Waals surface area contributed by atoms with Crippen molar-refractivity contribution >= 4 is 5.97 Å². The van der Waals surface area contributed by atoms with Gasteiger partial charge in [0.1, 0.15) is 6.10 Å². The first-order valence-electron chi connectivity index (χ1n) is 8.97. The Morgan fingerprint density at radius 3 is 2.55 bits per heavy atom. The molecule has 4 heteroatoms. The van der Waals surface area contributed by atoms with Gasteiger partial charge in [-0.15, -0.1) is 0 Å². The molecule has 0 saturated carbocycles. The highest BCUT2D eigenvalue weighted by molar-refractivity contribution is 5.66. The van der Waals surface area contributed by atoms with Crippen LogP contribution >= 0.6 is 0 Å². The molecule has 0 saturated heterocycles. The molecule has 0 aliphatic carbocycles. The Bertz CT molecular complexity index is 342. The first kappa shape index (κ1) is 18.9. The highest BCUT2D eigenvalue weighted by Crippen LogP contribution is 2.11. The molecule has 22 heavy (non-hydrogen) atoms. The van der Waals surface area contributed by atoms with Crippen LogP contribution in [-0.2, 0) is 9.68 Å². The summed E-state index contributed by atoms with van der Waals surface area (Å²) in [6.45, 7) is 2.17. The molecule has 0 aromatic heterocycles. The van der Waals surface area contributed by atoms with Crippen molar-refractivity contribution in [1.82, 2.24) is 0 Å². The number of rotatable bonds is 15. The van der Waals surface area contributed by atoms with Crippen LogP contribution in [0.2, 0.25) is 0 Å². The topological polar surface area (TPSA) is 66.8 Å². The first-order valence-corrected chi connectivity index (χ1v) is 8.39. The SMILES string of the molecule is [2H][C@H](CCCCCCC(=O)O)[C@@H](/C=C/C=C\CCCCC)OO. The Hall–Kier alpha value is -1.13. The number of unbranched alkanes of at least 4 members (excludes halogenated alkanes) is 6. The Morgan fingerprint density at radius 2 is 1.86 bits per heavy atom. The van der Waals surface area contributed by atoms with Gasteiger partial charge in [-0.2, -0.15) is 0 Å². The lowest BCUT2D eigenvalue weighted by Gasteiger charge is -2.08. The van der Waals surface area contributed by atoms with Crippen LogP contribution in [0.5, 0.6) is 0 Å². The minimum absolute atomic E-state index is 0.208. The van der Waals surface area contributed by atoms with Crippen molar-refractivity contribution in [2.75, 3.05) is 0 Å².